The van der Waals surface area contributed by atoms with Gasteiger partial charge in [-0.05, 0) is 25.1 Å². The summed E-state index contributed by atoms with van der Waals surface area (Å²) in [5.41, 5.74) is 0. The Morgan fingerprint density at radius 1 is 1.22 bits per heavy atom. The Balaban J connectivity index is 1.59. The number of sulfonamides is 1. The number of aromatic nitrogens is 2. The van der Waals surface area contributed by atoms with E-state index in [9.17, 15) is 22.0 Å². The molecule has 0 bridgehead atoms. The van der Waals surface area contributed by atoms with Crippen molar-refractivity contribution in [3.8, 4) is 0 Å². The van der Waals surface area contributed by atoms with Crippen molar-refractivity contribution in [3.63, 3.8) is 0 Å². The average Bonchev–Trinajstić information content (AvgIpc) is 3.07. The Kier molecular flexibility index (Phi) is 5.51. The third-order valence-corrected chi connectivity index (χ3v) is 6.14. The Hall–Kier alpha value is -2.40. The van der Waals surface area contributed by atoms with Gasteiger partial charge in [0.2, 0.25) is 21.8 Å². The summed E-state index contributed by atoms with van der Waals surface area (Å²) in [5.74, 6) is -1.16. The highest BCUT2D eigenvalue weighted by Gasteiger charge is 2.32. The first kappa shape index (κ1) is 19.4. The van der Waals surface area contributed by atoms with Crippen molar-refractivity contribution in [2.45, 2.75) is 24.7 Å². The van der Waals surface area contributed by atoms with Gasteiger partial charge in [-0.3, -0.25) is 4.79 Å². The molecule has 1 aliphatic heterocycles. The second-order valence-corrected chi connectivity index (χ2v) is 8.00. The maximum atomic E-state index is 13.8. The fourth-order valence-corrected chi connectivity index (χ4v) is 4.30. The lowest BCUT2D eigenvalue weighted by Gasteiger charge is -2.34. The van der Waals surface area contributed by atoms with Crippen LogP contribution < -0.4 is 0 Å². The zero-order chi connectivity index (χ0) is 19.6. The number of hydrogen-bond acceptors (Lipinski definition) is 6. The molecular formula is C16H18F2N4O4S. The number of hydrogen-bond donors (Lipinski definition) is 0. The molecule has 1 aromatic carbocycles. The smallest absolute Gasteiger partial charge is 0.246 e. The predicted molar refractivity (Wildman–Crippen MR) is 89.1 cm³/mol. The van der Waals surface area contributed by atoms with Crippen molar-refractivity contribution < 1.29 is 26.5 Å². The number of rotatable bonds is 5. The van der Waals surface area contributed by atoms with Crippen LogP contribution in [0.4, 0.5) is 8.78 Å². The maximum Gasteiger partial charge on any atom is 0.246 e. The van der Waals surface area contributed by atoms with Crippen LogP contribution >= 0.6 is 0 Å². The molecular weight excluding hydrogens is 382 g/mol. The lowest BCUT2D eigenvalue weighted by molar-refractivity contribution is -0.132. The van der Waals surface area contributed by atoms with Crippen molar-refractivity contribution in [2.24, 2.45) is 0 Å². The molecule has 1 amide bonds. The Labute approximate surface area is 154 Å². The Morgan fingerprint density at radius 2 is 1.93 bits per heavy atom. The van der Waals surface area contributed by atoms with Gasteiger partial charge >= 0.3 is 0 Å². The summed E-state index contributed by atoms with van der Waals surface area (Å²) in [6, 6.07) is 2.30. The van der Waals surface area contributed by atoms with E-state index in [0.29, 0.717) is 24.2 Å². The first-order valence-corrected chi connectivity index (χ1v) is 9.73. The minimum atomic E-state index is -4.17. The summed E-state index contributed by atoms with van der Waals surface area (Å²) in [7, 11) is -4.17. The summed E-state index contributed by atoms with van der Waals surface area (Å²) in [4.78, 5) is 17.1. The highest BCUT2D eigenvalue weighted by Crippen LogP contribution is 2.22. The second-order valence-electron chi connectivity index (χ2n) is 6.09. The molecule has 0 unspecified atom stereocenters. The van der Waals surface area contributed by atoms with Gasteiger partial charge in [-0.15, -0.1) is 0 Å². The predicted octanol–water partition coefficient (Wildman–Crippen LogP) is 1.12. The lowest BCUT2D eigenvalue weighted by Crippen LogP contribution is -2.50. The number of carbonyl (C=O) groups is 1. The van der Waals surface area contributed by atoms with E-state index in [2.05, 4.69) is 10.1 Å². The highest BCUT2D eigenvalue weighted by atomic mass is 32.2. The molecule has 0 radical (unpaired) electrons. The normalized spacial score (nSPS) is 15.9. The highest BCUT2D eigenvalue weighted by molar-refractivity contribution is 7.89. The molecule has 1 aliphatic rings. The van der Waals surface area contributed by atoms with Gasteiger partial charge in [0.05, 0.1) is 0 Å². The molecule has 0 saturated carbocycles. The van der Waals surface area contributed by atoms with Crippen molar-refractivity contribution in [3.05, 3.63) is 41.5 Å². The number of aryl methyl sites for hydroxylation is 2. The van der Waals surface area contributed by atoms with E-state index in [1.807, 2.05) is 0 Å². The Bertz CT molecular complexity index is 940. The molecule has 0 N–H and O–H groups in total. The molecule has 1 saturated heterocycles. The minimum absolute atomic E-state index is 0.00366. The van der Waals surface area contributed by atoms with Gasteiger partial charge in [0.1, 0.15) is 16.5 Å². The monoisotopic (exact) mass is 400 g/mol. The van der Waals surface area contributed by atoms with Crippen LogP contribution in [0.3, 0.4) is 0 Å². The van der Waals surface area contributed by atoms with Gasteiger partial charge in [0.25, 0.3) is 0 Å². The second kappa shape index (κ2) is 7.69. The molecule has 8 nitrogen and oxygen atoms in total. The average molecular weight is 400 g/mol. The van der Waals surface area contributed by atoms with Crippen LogP contribution in [0.15, 0.2) is 27.6 Å². The molecule has 1 aromatic heterocycles. The molecule has 27 heavy (non-hydrogen) atoms. The molecule has 0 aliphatic carbocycles. The van der Waals surface area contributed by atoms with E-state index in [-0.39, 0.29) is 38.5 Å². The van der Waals surface area contributed by atoms with Crippen LogP contribution in [-0.4, -0.2) is 59.8 Å². The third-order valence-electron chi connectivity index (χ3n) is 4.22. The van der Waals surface area contributed by atoms with E-state index in [0.717, 1.165) is 16.4 Å². The molecule has 146 valence electrons. The van der Waals surface area contributed by atoms with Crippen molar-refractivity contribution >= 4 is 15.9 Å². The van der Waals surface area contributed by atoms with Gasteiger partial charge in [-0.1, -0.05) is 5.16 Å². The molecule has 0 spiro atoms. The maximum absolute atomic E-state index is 13.8. The van der Waals surface area contributed by atoms with E-state index in [1.54, 1.807) is 6.92 Å². The van der Waals surface area contributed by atoms with Crippen molar-refractivity contribution in [1.82, 2.24) is 19.3 Å². The standard InChI is InChI=1S/C16H18F2N4O4S/c1-11-19-15(26-20-11)4-5-16(23)21-6-8-22(9-7-21)27(24,25)14-10-12(17)2-3-13(14)18/h2-3,10H,4-9H2,1H3. The summed E-state index contributed by atoms with van der Waals surface area (Å²) in [5, 5.41) is 3.64. The van der Waals surface area contributed by atoms with Gasteiger partial charge in [0.15, 0.2) is 5.82 Å². The van der Waals surface area contributed by atoms with E-state index in [1.165, 1.54) is 4.90 Å². The van der Waals surface area contributed by atoms with Crippen LogP contribution in [-0.2, 0) is 21.2 Å². The van der Waals surface area contributed by atoms with Gasteiger partial charge in [-0.25, -0.2) is 17.2 Å². The molecule has 1 fully saturated rings. The molecule has 11 heteroatoms. The fraction of sp³-hybridized carbons (Fsp3) is 0.438. The van der Waals surface area contributed by atoms with E-state index >= 15 is 0 Å². The SMILES string of the molecule is Cc1noc(CCC(=O)N2CCN(S(=O)(=O)c3cc(F)ccc3F)CC2)n1. The van der Waals surface area contributed by atoms with E-state index < -0.39 is 26.6 Å². The number of carbonyl (C=O) groups excluding carboxylic acids is 1. The lowest BCUT2D eigenvalue weighted by atomic mass is 10.2. The number of halogens is 2. The third kappa shape index (κ3) is 4.30. The molecule has 2 heterocycles. The van der Waals surface area contributed by atoms with Gasteiger partial charge < -0.3 is 9.42 Å². The number of nitrogens with zero attached hydrogens (tertiary/aromatic N) is 4. The first-order valence-electron chi connectivity index (χ1n) is 8.29. The van der Waals surface area contributed by atoms with Crippen molar-refractivity contribution in [1.29, 1.82) is 0 Å². The zero-order valence-electron chi connectivity index (χ0n) is 14.6. The summed E-state index contributed by atoms with van der Waals surface area (Å²) in [6.07, 6.45) is 0.458. The molecule has 2 aromatic rings. The van der Waals surface area contributed by atoms with Crippen LogP contribution in [0.5, 0.6) is 0 Å². The van der Waals surface area contributed by atoms with E-state index in [4.69, 9.17) is 4.52 Å². The minimum Gasteiger partial charge on any atom is -0.340 e. The van der Waals surface area contributed by atoms with Crippen LogP contribution in [0.1, 0.15) is 18.1 Å². The summed E-state index contributed by atoms with van der Waals surface area (Å²) >= 11 is 0. The van der Waals surface area contributed by atoms with Gasteiger partial charge in [0, 0.05) is 39.0 Å². The largest absolute Gasteiger partial charge is 0.340 e. The topological polar surface area (TPSA) is 96.6 Å². The Morgan fingerprint density at radius 3 is 2.56 bits per heavy atom. The van der Waals surface area contributed by atoms with Crippen LogP contribution in [0.2, 0.25) is 0 Å². The van der Waals surface area contributed by atoms with Crippen LogP contribution in [0, 0.1) is 18.6 Å². The van der Waals surface area contributed by atoms with Crippen LogP contribution in [0.25, 0.3) is 0 Å². The fourth-order valence-electron chi connectivity index (χ4n) is 2.81. The summed E-state index contributed by atoms with van der Waals surface area (Å²) < 4.78 is 58.2. The molecule has 0 atom stereocenters. The number of piperazine rings is 1. The first-order chi connectivity index (χ1) is 12.8. The zero-order valence-corrected chi connectivity index (χ0v) is 15.4. The molecule has 3 rings (SSSR count). The van der Waals surface area contributed by atoms with Crippen molar-refractivity contribution in [2.75, 3.05) is 26.2 Å². The number of amides is 1. The number of benzene rings is 1. The van der Waals surface area contributed by atoms with Gasteiger partial charge in [-0.2, -0.15) is 9.29 Å². The summed E-state index contributed by atoms with van der Waals surface area (Å²) in [6.45, 7) is 2.01. The quantitative estimate of drug-likeness (QED) is 0.746.